The zero-order valence-electron chi connectivity index (χ0n) is 18.2. The Morgan fingerprint density at radius 3 is 2.80 bits per heavy atom. The number of likely N-dealkylation sites (N-methyl/N-ethyl adjacent to an activating group) is 1. The minimum absolute atomic E-state index is 0. The lowest BCUT2D eigenvalue weighted by Gasteiger charge is -2.39. The zero-order chi connectivity index (χ0) is 20.8. The van der Waals surface area contributed by atoms with Gasteiger partial charge in [0.1, 0.15) is 0 Å². The summed E-state index contributed by atoms with van der Waals surface area (Å²) in [4.78, 5) is 20.9. The summed E-state index contributed by atoms with van der Waals surface area (Å²) >= 11 is 6.26. The Morgan fingerprint density at radius 2 is 2.10 bits per heavy atom. The molecule has 3 unspecified atom stereocenters. The number of halogens is 2. The number of likely N-dealkylation sites (tertiary alicyclic amines) is 2. The summed E-state index contributed by atoms with van der Waals surface area (Å²) in [5.41, 5.74) is 1.27. The summed E-state index contributed by atoms with van der Waals surface area (Å²) in [6.45, 7) is 5.48. The molecule has 0 saturated carbocycles. The van der Waals surface area contributed by atoms with Crippen LogP contribution in [0.15, 0.2) is 29.3 Å². The van der Waals surface area contributed by atoms with Gasteiger partial charge in [-0.2, -0.15) is 0 Å². The number of benzene rings is 1. The molecule has 2 aliphatic heterocycles. The first kappa shape index (κ1) is 25.2. The third-order valence-corrected chi connectivity index (χ3v) is 6.23. The molecule has 6 nitrogen and oxygen atoms in total. The number of amides is 1. The summed E-state index contributed by atoms with van der Waals surface area (Å²) in [7, 11) is 4.06. The number of aliphatic imine (C=N–C) groups is 1. The Kier molecular flexibility index (Phi) is 10.2. The van der Waals surface area contributed by atoms with Crippen molar-refractivity contribution in [3.8, 4) is 0 Å². The molecule has 3 atom stereocenters. The van der Waals surface area contributed by atoms with E-state index in [1.54, 1.807) is 4.90 Å². The molecular formula is C22H35ClIN5O. The van der Waals surface area contributed by atoms with Crippen molar-refractivity contribution in [2.24, 2.45) is 10.9 Å². The molecule has 2 saturated heterocycles. The van der Waals surface area contributed by atoms with E-state index in [4.69, 9.17) is 16.6 Å². The summed E-state index contributed by atoms with van der Waals surface area (Å²) in [6, 6.07) is 8.80. The van der Waals surface area contributed by atoms with Crippen molar-refractivity contribution in [3.05, 3.63) is 34.9 Å². The zero-order valence-corrected chi connectivity index (χ0v) is 21.3. The third-order valence-electron chi connectivity index (χ3n) is 5.99. The lowest BCUT2D eigenvalue weighted by atomic mass is 9.85. The molecule has 0 bridgehead atoms. The molecule has 0 spiro atoms. The van der Waals surface area contributed by atoms with Crippen LogP contribution in [0.4, 0.5) is 0 Å². The second-order valence-electron chi connectivity index (χ2n) is 8.26. The molecule has 2 N–H and O–H groups in total. The molecule has 3 rings (SSSR count). The van der Waals surface area contributed by atoms with Crippen LogP contribution in [0.5, 0.6) is 0 Å². The molecule has 168 valence electrons. The van der Waals surface area contributed by atoms with E-state index in [1.807, 2.05) is 19.2 Å². The van der Waals surface area contributed by atoms with Crippen LogP contribution < -0.4 is 10.6 Å². The number of nitrogens with zero attached hydrogens (tertiary/aromatic N) is 3. The fourth-order valence-electron chi connectivity index (χ4n) is 4.52. The normalized spacial score (nSPS) is 25.6. The largest absolute Gasteiger partial charge is 0.357 e. The van der Waals surface area contributed by atoms with E-state index in [0.717, 1.165) is 50.0 Å². The molecule has 0 radical (unpaired) electrons. The highest BCUT2D eigenvalue weighted by Crippen LogP contribution is 2.36. The van der Waals surface area contributed by atoms with Crippen LogP contribution in [0, 0.1) is 5.92 Å². The van der Waals surface area contributed by atoms with Gasteiger partial charge in [0.15, 0.2) is 5.96 Å². The van der Waals surface area contributed by atoms with Gasteiger partial charge < -0.3 is 15.5 Å². The van der Waals surface area contributed by atoms with Crippen LogP contribution >= 0.6 is 35.6 Å². The van der Waals surface area contributed by atoms with Crippen LogP contribution in [-0.2, 0) is 4.79 Å². The Morgan fingerprint density at radius 1 is 1.30 bits per heavy atom. The monoisotopic (exact) mass is 547 g/mol. The maximum Gasteiger partial charge on any atom is 0.222 e. The highest BCUT2D eigenvalue weighted by atomic mass is 127. The highest BCUT2D eigenvalue weighted by Gasteiger charge is 2.31. The smallest absolute Gasteiger partial charge is 0.222 e. The first-order valence-electron chi connectivity index (χ1n) is 10.7. The number of carbonyl (C=O) groups excluding carboxylic acids is 1. The number of hydrogen-bond donors (Lipinski definition) is 2. The van der Waals surface area contributed by atoms with E-state index in [9.17, 15) is 4.79 Å². The van der Waals surface area contributed by atoms with Gasteiger partial charge >= 0.3 is 0 Å². The van der Waals surface area contributed by atoms with Gasteiger partial charge in [-0.15, -0.1) is 24.0 Å². The van der Waals surface area contributed by atoms with Crippen molar-refractivity contribution >= 4 is 47.4 Å². The van der Waals surface area contributed by atoms with Crippen molar-refractivity contribution in [1.29, 1.82) is 0 Å². The Balaban J connectivity index is 0.00000320. The standard InChI is InChI=1S/C22H34ClN5O.HI/c1-4-24-22(26-19-10-11-20(29)28(3)15-19)25-14-17-8-6-12-27(2)21(17)16-7-5-9-18(23)13-16;/h5,7,9,13,17,19,21H,4,6,8,10-12,14-15H2,1-3H3,(H2,24,25,26);1H. The second kappa shape index (κ2) is 12.1. The Bertz CT molecular complexity index is 731. The average Bonchev–Trinajstić information content (AvgIpc) is 2.69. The molecule has 0 aromatic heterocycles. The van der Waals surface area contributed by atoms with E-state index in [1.165, 1.54) is 12.0 Å². The molecule has 2 fully saturated rings. The fourth-order valence-corrected chi connectivity index (χ4v) is 4.72. The predicted molar refractivity (Wildman–Crippen MR) is 135 cm³/mol. The van der Waals surface area contributed by atoms with Gasteiger partial charge in [-0.3, -0.25) is 14.7 Å². The summed E-state index contributed by atoms with van der Waals surface area (Å²) in [5.74, 6) is 1.51. The van der Waals surface area contributed by atoms with Crippen molar-refractivity contribution in [3.63, 3.8) is 0 Å². The molecule has 8 heteroatoms. The first-order valence-corrected chi connectivity index (χ1v) is 11.1. The van der Waals surface area contributed by atoms with E-state index in [2.05, 4.69) is 41.6 Å². The maximum atomic E-state index is 11.7. The second-order valence-corrected chi connectivity index (χ2v) is 8.69. The molecule has 1 amide bonds. The van der Waals surface area contributed by atoms with Crippen molar-refractivity contribution in [2.45, 2.75) is 44.7 Å². The van der Waals surface area contributed by atoms with Crippen molar-refractivity contribution in [1.82, 2.24) is 20.4 Å². The molecular weight excluding hydrogens is 513 g/mol. The van der Waals surface area contributed by atoms with Gasteiger partial charge in [0, 0.05) is 50.2 Å². The SMILES string of the molecule is CCNC(=NCC1CCCN(C)C1c1cccc(Cl)c1)NC1CCC(=O)N(C)C1.I. The highest BCUT2D eigenvalue weighted by molar-refractivity contribution is 14.0. The summed E-state index contributed by atoms with van der Waals surface area (Å²) in [6.07, 6.45) is 3.79. The van der Waals surface area contributed by atoms with Crippen LogP contribution in [0.1, 0.15) is 44.2 Å². The Labute approximate surface area is 202 Å². The molecule has 30 heavy (non-hydrogen) atoms. The number of rotatable bonds is 5. The first-order chi connectivity index (χ1) is 14.0. The van der Waals surface area contributed by atoms with Crippen LogP contribution in [-0.4, -0.2) is 68.0 Å². The molecule has 0 aliphatic carbocycles. The van der Waals surface area contributed by atoms with Gasteiger partial charge in [0.2, 0.25) is 5.91 Å². The molecule has 2 aliphatic rings. The number of carbonyl (C=O) groups is 1. The Hall–Kier alpha value is -1.06. The minimum Gasteiger partial charge on any atom is -0.357 e. The van der Waals surface area contributed by atoms with E-state index in [-0.39, 0.29) is 35.9 Å². The van der Waals surface area contributed by atoms with Crippen LogP contribution in [0.25, 0.3) is 0 Å². The quantitative estimate of drug-likeness (QED) is 0.337. The minimum atomic E-state index is 0. The maximum absolute atomic E-state index is 11.7. The van der Waals surface area contributed by atoms with Crippen LogP contribution in [0.2, 0.25) is 5.02 Å². The van der Waals surface area contributed by atoms with Crippen LogP contribution in [0.3, 0.4) is 0 Å². The number of guanidine groups is 1. The topological polar surface area (TPSA) is 60.0 Å². The van der Waals surface area contributed by atoms with Gasteiger partial charge in [-0.1, -0.05) is 23.7 Å². The van der Waals surface area contributed by atoms with Gasteiger partial charge in [-0.05, 0) is 63.4 Å². The predicted octanol–water partition coefficient (Wildman–Crippen LogP) is 3.52. The number of nitrogens with one attached hydrogen (secondary N) is 2. The van der Waals surface area contributed by atoms with Crippen molar-refractivity contribution < 1.29 is 4.79 Å². The average molecular weight is 548 g/mol. The molecule has 2 heterocycles. The lowest BCUT2D eigenvalue weighted by Crippen LogP contribution is -2.52. The summed E-state index contributed by atoms with van der Waals surface area (Å²) in [5, 5.41) is 7.69. The van der Waals surface area contributed by atoms with Gasteiger partial charge in [0.05, 0.1) is 0 Å². The van der Waals surface area contributed by atoms with Gasteiger partial charge in [-0.25, -0.2) is 0 Å². The number of piperidine rings is 2. The van der Waals surface area contributed by atoms with Gasteiger partial charge in [0.25, 0.3) is 0 Å². The van der Waals surface area contributed by atoms with E-state index < -0.39 is 0 Å². The van der Waals surface area contributed by atoms with E-state index >= 15 is 0 Å². The number of hydrogen-bond acceptors (Lipinski definition) is 3. The third kappa shape index (κ3) is 6.72. The lowest BCUT2D eigenvalue weighted by molar-refractivity contribution is -0.132. The molecule has 1 aromatic carbocycles. The van der Waals surface area contributed by atoms with E-state index in [0.29, 0.717) is 18.4 Å². The summed E-state index contributed by atoms with van der Waals surface area (Å²) < 4.78 is 0. The fraction of sp³-hybridized carbons (Fsp3) is 0.636. The molecule has 1 aromatic rings. The van der Waals surface area contributed by atoms with Crippen molar-refractivity contribution in [2.75, 3.05) is 40.3 Å².